The lowest BCUT2D eigenvalue weighted by Crippen LogP contribution is -2.33. The molecule has 2 aliphatic rings. The number of methoxy groups -OCH3 is 1. The number of likely N-dealkylation sites (tertiary alicyclic amines) is 1. The fourth-order valence-corrected chi connectivity index (χ4v) is 4.69. The molecule has 0 saturated carbocycles. The van der Waals surface area contributed by atoms with Gasteiger partial charge in [-0.25, -0.2) is 0 Å². The van der Waals surface area contributed by atoms with Crippen LogP contribution in [-0.4, -0.2) is 50.6 Å². The molecule has 3 rings (SSSR count). The van der Waals surface area contributed by atoms with Gasteiger partial charge in [0.05, 0.1) is 7.11 Å². The summed E-state index contributed by atoms with van der Waals surface area (Å²) in [7, 11) is 5.56. The van der Waals surface area contributed by atoms with E-state index in [2.05, 4.69) is 90.8 Å². The Bertz CT molecular complexity index is 915. The molecule has 1 fully saturated rings. The Labute approximate surface area is 228 Å². The highest BCUT2D eigenvalue weighted by atomic mass is 16.5. The maximum Gasteiger partial charge on any atom is 0.292 e. The van der Waals surface area contributed by atoms with Crippen LogP contribution in [0.5, 0.6) is 0 Å². The molecule has 1 saturated heterocycles. The van der Waals surface area contributed by atoms with Crippen molar-refractivity contribution in [2.45, 2.75) is 74.3 Å². The van der Waals surface area contributed by atoms with Crippen molar-refractivity contribution in [3.8, 4) is 0 Å². The zero-order chi connectivity index (χ0) is 28.4. The van der Waals surface area contributed by atoms with Crippen LogP contribution in [0.1, 0.15) is 77.5 Å². The Hall–Kier alpha value is -2.63. The number of carbonyl (C=O) groups excluding carboxylic acids is 1. The first-order valence-electron chi connectivity index (χ1n) is 13.7. The average Bonchev–Trinajstić information content (AvgIpc) is 2.90. The van der Waals surface area contributed by atoms with Crippen molar-refractivity contribution in [2.75, 3.05) is 34.3 Å². The van der Waals surface area contributed by atoms with Gasteiger partial charge in [0.15, 0.2) is 0 Å². The van der Waals surface area contributed by atoms with Crippen LogP contribution in [0.4, 0.5) is 0 Å². The van der Waals surface area contributed by atoms with Crippen molar-refractivity contribution in [2.24, 2.45) is 5.92 Å². The molecule has 5 heteroatoms. The normalized spacial score (nSPS) is 17.6. The van der Waals surface area contributed by atoms with Crippen LogP contribution in [0.15, 0.2) is 60.1 Å². The molecule has 2 heterocycles. The summed E-state index contributed by atoms with van der Waals surface area (Å²) in [5.74, 6) is 0.691. The molecule has 1 aromatic carbocycles. The molecule has 1 atom stereocenters. The van der Waals surface area contributed by atoms with Gasteiger partial charge in [-0.15, -0.1) is 0 Å². The first-order chi connectivity index (χ1) is 17.8. The predicted octanol–water partition coefficient (Wildman–Crippen LogP) is 7.31. The number of rotatable bonds is 7. The predicted molar refractivity (Wildman–Crippen MR) is 161 cm³/mol. The molecule has 0 radical (unpaired) electrons. The standard InChI is InChI=1S/C26H37N3.C2H4O2.2C2H6/c1-19-11-13-29(21(3)14-19)26(16-24-8-7-12-28(6)18-24)22(4)25-10-9-23(17-27-5)15-20(25)2;1-4-2-3;2*1-2/h9-11,13-15,24,27H,3,7-8,12,16-18H2,1-2,4-6H3;2H,1H3;2*1-2H3/b26-22+;;;. The topological polar surface area (TPSA) is 44.8 Å². The summed E-state index contributed by atoms with van der Waals surface area (Å²) in [5, 5.41) is 3.25. The van der Waals surface area contributed by atoms with Gasteiger partial charge in [0.1, 0.15) is 0 Å². The largest absolute Gasteiger partial charge is 0.471 e. The quantitative estimate of drug-likeness (QED) is 0.389. The maximum absolute atomic E-state index is 8.95. The number of aryl methyl sites for hydroxylation is 1. The van der Waals surface area contributed by atoms with E-state index in [4.69, 9.17) is 4.79 Å². The Morgan fingerprint density at radius 2 is 1.86 bits per heavy atom. The van der Waals surface area contributed by atoms with Crippen LogP contribution < -0.4 is 5.32 Å². The van der Waals surface area contributed by atoms with Crippen molar-refractivity contribution >= 4 is 12.0 Å². The minimum absolute atomic E-state index is 0.375. The van der Waals surface area contributed by atoms with E-state index in [-0.39, 0.29) is 0 Å². The number of nitrogens with one attached hydrogen (secondary N) is 1. The van der Waals surface area contributed by atoms with E-state index >= 15 is 0 Å². The summed E-state index contributed by atoms with van der Waals surface area (Å²) in [6.07, 6.45) is 10.3. The van der Waals surface area contributed by atoms with Crippen molar-refractivity contribution in [3.05, 3.63) is 76.8 Å². The second-order valence-corrected chi connectivity index (χ2v) is 9.12. The number of carbonyl (C=O) groups is 1. The van der Waals surface area contributed by atoms with Gasteiger partial charge in [-0.3, -0.25) is 4.79 Å². The molecular weight excluding hydrogens is 458 g/mol. The summed E-state index contributed by atoms with van der Waals surface area (Å²) in [6.45, 7) is 22.7. The fraction of sp³-hybridized carbons (Fsp3) is 0.531. The van der Waals surface area contributed by atoms with E-state index in [1.165, 1.54) is 66.6 Å². The van der Waals surface area contributed by atoms with E-state index in [1.54, 1.807) is 0 Å². The smallest absolute Gasteiger partial charge is 0.292 e. The molecule has 0 amide bonds. The number of hydrogen-bond acceptors (Lipinski definition) is 5. The number of nitrogens with zero attached hydrogens (tertiary/aromatic N) is 2. The van der Waals surface area contributed by atoms with Crippen molar-refractivity contribution < 1.29 is 9.53 Å². The Kier molecular flexibility index (Phi) is 18.1. The molecule has 1 N–H and O–H groups in total. The maximum atomic E-state index is 8.95. The Morgan fingerprint density at radius 3 is 2.38 bits per heavy atom. The van der Waals surface area contributed by atoms with Crippen molar-refractivity contribution in [3.63, 3.8) is 0 Å². The Morgan fingerprint density at radius 1 is 1.22 bits per heavy atom. The summed E-state index contributed by atoms with van der Waals surface area (Å²) in [6, 6.07) is 6.85. The third kappa shape index (κ3) is 11.5. The average molecular weight is 512 g/mol. The molecule has 37 heavy (non-hydrogen) atoms. The van der Waals surface area contributed by atoms with Gasteiger partial charge < -0.3 is 19.9 Å². The highest BCUT2D eigenvalue weighted by molar-refractivity contribution is 5.70. The van der Waals surface area contributed by atoms with Crippen LogP contribution in [0.25, 0.3) is 5.57 Å². The van der Waals surface area contributed by atoms with Gasteiger partial charge in [0.25, 0.3) is 6.47 Å². The van der Waals surface area contributed by atoms with E-state index in [0.29, 0.717) is 12.4 Å². The summed E-state index contributed by atoms with van der Waals surface area (Å²) in [5.41, 5.74) is 9.09. The summed E-state index contributed by atoms with van der Waals surface area (Å²) >= 11 is 0. The molecule has 0 aliphatic carbocycles. The van der Waals surface area contributed by atoms with Gasteiger partial charge in [-0.1, -0.05) is 52.5 Å². The van der Waals surface area contributed by atoms with Crippen LogP contribution in [0.2, 0.25) is 0 Å². The summed E-state index contributed by atoms with van der Waals surface area (Å²) in [4.78, 5) is 13.7. The lowest BCUT2D eigenvalue weighted by atomic mass is 9.89. The number of benzene rings is 1. The molecule has 0 spiro atoms. The highest BCUT2D eigenvalue weighted by Crippen LogP contribution is 2.34. The molecule has 0 bridgehead atoms. The highest BCUT2D eigenvalue weighted by Gasteiger charge is 2.24. The third-order valence-electron chi connectivity index (χ3n) is 6.29. The first-order valence-corrected chi connectivity index (χ1v) is 13.7. The van der Waals surface area contributed by atoms with Crippen LogP contribution in [-0.2, 0) is 16.1 Å². The van der Waals surface area contributed by atoms with E-state index in [9.17, 15) is 0 Å². The van der Waals surface area contributed by atoms with Gasteiger partial charge in [-0.05, 0) is 107 Å². The lowest BCUT2D eigenvalue weighted by Gasteiger charge is -2.35. The number of ether oxygens (including phenoxy) is 1. The summed E-state index contributed by atoms with van der Waals surface area (Å²) < 4.78 is 3.86. The van der Waals surface area contributed by atoms with Crippen molar-refractivity contribution in [1.29, 1.82) is 0 Å². The van der Waals surface area contributed by atoms with Gasteiger partial charge >= 0.3 is 0 Å². The third-order valence-corrected chi connectivity index (χ3v) is 6.29. The molecule has 2 aliphatic heterocycles. The first kappa shape index (κ1) is 34.4. The second kappa shape index (κ2) is 19.5. The second-order valence-electron chi connectivity index (χ2n) is 9.12. The molecule has 1 unspecified atom stereocenters. The lowest BCUT2D eigenvalue weighted by molar-refractivity contribution is -0.126. The van der Waals surface area contributed by atoms with Gasteiger partial charge in [-0.2, -0.15) is 0 Å². The molecule has 1 aromatic rings. The fourth-order valence-electron chi connectivity index (χ4n) is 4.69. The van der Waals surface area contributed by atoms with Crippen molar-refractivity contribution in [1.82, 2.24) is 15.1 Å². The number of allylic oxidation sites excluding steroid dienone is 5. The van der Waals surface area contributed by atoms with Crippen LogP contribution >= 0.6 is 0 Å². The zero-order valence-electron chi connectivity index (χ0n) is 25.3. The SMILES string of the molecule is C=C1C=C(C)C=CN1/C(CC1CCCN(C)C1)=C(\C)c1ccc(CNC)cc1C.CC.CC.COC=O. The molecule has 0 aromatic heterocycles. The molecule has 208 valence electrons. The minimum Gasteiger partial charge on any atom is -0.471 e. The van der Waals surface area contributed by atoms with E-state index in [1.807, 2.05) is 34.7 Å². The van der Waals surface area contributed by atoms with Gasteiger partial charge in [0, 0.05) is 30.7 Å². The van der Waals surface area contributed by atoms with Crippen LogP contribution in [0, 0.1) is 12.8 Å². The monoisotopic (exact) mass is 511 g/mol. The van der Waals surface area contributed by atoms with E-state index < -0.39 is 0 Å². The zero-order valence-corrected chi connectivity index (χ0v) is 25.3. The van der Waals surface area contributed by atoms with E-state index in [0.717, 1.165) is 18.7 Å². The van der Waals surface area contributed by atoms with Crippen LogP contribution in [0.3, 0.4) is 0 Å². The Balaban J connectivity index is 0.00000145. The number of hydrogen-bond donors (Lipinski definition) is 1. The molecular formula is C32H53N3O2. The minimum atomic E-state index is 0.375. The number of piperidine rings is 1. The van der Waals surface area contributed by atoms with Gasteiger partial charge in [0.2, 0.25) is 0 Å². The molecule has 5 nitrogen and oxygen atoms in total.